The lowest BCUT2D eigenvalue weighted by atomic mass is 10.1. The van der Waals surface area contributed by atoms with E-state index in [0.29, 0.717) is 18.4 Å². The summed E-state index contributed by atoms with van der Waals surface area (Å²) < 4.78 is 5.89. The molecule has 1 aliphatic carbocycles. The highest BCUT2D eigenvalue weighted by molar-refractivity contribution is 14.0. The smallest absolute Gasteiger partial charge is 0.223 e. The van der Waals surface area contributed by atoms with Crippen molar-refractivity contribution in [1.82, 2.24) is 15.5 Å². The number of amides is 1. The van der Waals surface area contributed by atoms with Crippen molar-refractivity contribution in [1.29, 1.82) is 0 Å². The van der Waals surface area contributed by atoms with Gasteiger partial charge in [0.2, 0.25) is 5.91 Å². The number of hydrogen-bond donors (Lipinski definition) is 2. The van der Waals surface area contributed by atoms with Gasteiger partial charge >= 0.3 is 0 Å². The summed E-state index contributed by atoms with van der Waals surface area (Å²) in [5, 5.41) is 6.73. The number of ether oxygens (including phenoxy) is 1. The third-order valence-corrected chi connectivity index (χ3v) is 5.86. The van der Waals surface area contributed by atoms with Gasteiger partial charge in [-0.2, -0.15) is 0 Å². The second-order valence-electron chi connectivity index (χ2n) is 8.16. The van der Waals surface area contributed by atoms with Crippen molar-refractivity contribution in [3.63, 3.8) is 0 Å². The van der Waals surface area contributed by atoms with E-state index in [4.69, 9.17) is 4.74 Å². The molecule has 7 heteroatoms. The molecule has 1 saturated carbocycles. The van der Waals surface area contributed by atoms with Gasteiger partial charge in [-0.25, -0.2) is 0 Å². The second-order valence-corrected chi connectivity index (χ2v) is 8.16. The fourth-order valence-corrected chi connectivity index (χ4v) is 4.16. The lowest BCUT2D eigenvalue weighted by Gasteiger charge is -2.18. The van der Waals surface area contributed by atoms with Gasteiger partial charge in [-0.05, 0) is 31.2 Å². The van der Waals surface area contributed by atoms with E-state index >= 15 is 0 Å². The van der Waals surface area contributed by atoms with E-state index in [9.17, 15) is 4.79 Å². The highest BCUT2D eigenvalue weighted by Gasteiger charge is 2.29. The zero-order valence-corrected chi connectivity index (χ0v) is 20.5. The Balaban J connectivity index is 0.00000320. The largest absolute Gasteiger partial charge is 0.378 e. The van der Waals surface area contributed by atoms with Crippen LogP contribution in [0.15, 0.2) is 35.3 Å². The highest BCUT2D eigenvalue weighted by atomic mass is 127. The third kappa shape index (κ3) is 8.41. The Morgan fingerprint density at radius 1 is 1.20 bits per heavy atom. The SMILES string of the molecule is CN=C(NCCCOC1CCCC1)NCC1CC(=O)N(CCc2ccccc2)C1.I. The minimum Gasteiger partial charge on any atom is -0.378 e. The maximum atomic E-state index is 12.3. The zero-order valence-electron chi connectivity index (χ0n) is 18.1. The first kappa shape index (κ1) is 24.9. The molecule has 1 heterocycles. The van der Waals surface area contributed by atoms with Crippen LogP contribution in [0.1, 0.15) is 44.1 Å². The molecule has 3 rings (SSSR count). The Bertz CT molecular complexity index is 650. The average molecular weight is 528 g/mol. The molecule has 0 radical (unpaired) electrons. The number of hydrogen-bond acceptors (Lipinski definition) is 3. The number of likely N-dealkylation sites (tertiary alicyclic amines) is 1. The van der Waals surface area contributed by atoms with Crippen LogP contribution in [0.25, 0.3) is 0 Å². The molecule has 1 unspecified atom stereocenters. The molecule has 0 bridgehead atoms. The monoisotopic (exact) mass is 528 g/mol. The number of rotatable bonds is 10. The third-order valence-electron chi connectivity index (χ3n) is 5.86. The number of guanidine groups is 1. The number of nitrogens with zero attached hydrogens (tertiary/aromatic N) is 2. The minimum absolute atomic E-state index is 0. The summed E-state index contributed by atoms with van der Waals surface area (Å²) in [5.74, 6) is 1.41. The van der Waals surface area contributed by atoms with E-state index in [2.05, 4.69) is 27.8 Å². The van der Waals surface area contributed by atoms with Crippen molar-refractivity contribution in [2.24, 2.45) is 10.9 Å². The Hall–Kier alpha value is -1.35. The number of halogens is 1. The molecule has 0 spiro atoms. The fourth-order valence-electron chi connectivity index (χ4n) is 4.16. The summed E-state index contributed by atoms with van der Waals surface area (Å²) in [6.07, 6.45) is 8.06. The molecule has 2 aliphatic rings. The van der Waals surface area contributed by atoms with Gasteiger partial charge in [0.15, 0.2) is 5.96 Å². The Morgan fingerprint density at radius 2 is 1.97 bits per heavy atom. The maximum Gasteiger partial charge on any atom is 0.223 e. The summed E-state index contributed by atoms with van der Waals surface area (Å²) in [5.41, 5.74) is 1.28. The van der Waals surface area contributed by atoms with Gasteiger partial charge < -0.3 is 20.3 Å². The average Bonchev–Trinajstić information content (AvgIpc) is 3.39. The Morgan fingerprint density at radius 3 is 2.70 bits per heavy atom. The molecule has 1 aliphatic heterocycles. The fraction of sp³-hybridized carbons (Fsp3) is 0.652. The first-order chi connectivity index (χ1) is 14.2. The molecule has 1 atom stereocenters. The molecule has 0 aromatic heterocycles. The molecule has 1 aromatic carbocycles. The normalized spacial score (nSPS) is 19.8. The van der Waals surface area contributed by atoms with E-state index in [-0.39, 0.29) is 29.9 Å². The van der Waals surface area contributed by atoms with E-state index in [1.807, 2.05) is 23.1 Å². The summed E-state index contributed by atoms with van der Waals surface area (Å²) in [6.45, 7) is 4.05. The predicted octanol–water partition coefficient (Wildman–Crippen LogP) is 3.21. The van der Waals surface area contributed by atoms with Gasteiger partial charge in [-0.15, -0.1) is 24.0 Å². The zero-order chi connectivity index (χ0) is 20.3. The van der Waals surface area contributed by atoms with Crippen LogP contribution in [0, 0.1) is 5.92 Å². The molecular formula is C23H37IN4O2. The molecule has 1 amide bonds. The van der Waals surface area contributed by atoms with Crippen LogP contribution < -0.4 is 10.6 Å². The maximum absolute atomic E-state index is 12.3. The number of carbonyl (C=O) groups excluding carboxylic acids is 1. The lowest BCUT2D eigenvalue weighted by Crippen LogP contribution is -2.41. The van der Waals surface area contributed by atoms with Crippen LogP contribution in [0.3, 0.4) is 0 Å². The van der Waals surface area contributed by atoms with E-state index in [1.54, 1.807) is 7.05 Å². The van der Waals surface area contributed by atoms with Crippen LogP contribution in [0.4, 0.5) is 0 Å². The van der Waals surface area contributed by atoms with Gasteiger partial charge in [0.1, 0.15) is 0 Å². The standard InChI is InChI=1S/C23H36N4O2.HI/c1-24-23(25-13-7-15-29-21-10-5-6-11-21)26-17-20-16-22(28)27(18-20)14-12-19-8-3-2-4-9-19;/h2-4,8-9,20-21H,5-7,10-18H2,1H3,(H2,24,25,26);1H. The van der Waals surface area contributed by atoms with Gasteiger partial charge in [-0.3, -0.25) is 9.79 Å². The van der Waals surface area contributed by atoms with Crippen LogP contribution in [-0.2, 0) is 16.0 Å². The van der Waals surface area contributed by atoms with Crippen molar-refractivity contribution in [3.8, 4) is 0 Å². The predicted molar refractivity (Wildman–Crippen MR) is 132 cm³/mol. The van der Waals surface area contributed by atoms with Gasteiger partial charge in [0.25, 0.3) is 0 Å². The molecule has 2 fully saturated rings. The first-order valence-corrected chi connectivity index (χ1v) is 11.1. The van der Waals surface area contributed by atoms with Gasteiger partial charge in [0.05, 0.1) is 6.10 Å². The summed E-state index contributed by atoms with van der Waals surface area (Å²) in [6, 6.07) is 10.4. The first-order valence-electron chi connectivity index (χ1n) is 11.1. The van der Waals surface area contributed by atoms with Crippen molar-refractivity contribution in [3.05, 3.63) is 35.9 Å². The number of nitrogens with one attached hydrogen (secondary N) is 2. The minimum atomic E-state index is 0. The molecule has 30 heavy (non-hydrogen) atoms. The van der Waals surface area contributed by atoms with Crippen molar-refractivity contribution >= 4 is 35.8 Å². The van der Waals surface area contributed by atoms with Crippen LogP contribution in [-0.4, -0.2) is 62.7 Å². The summed E-state index contributed by atoms with van der Waals surface area (Å²) >= 11 is 0. The number of benzene rings is 1. The van der Waals surface area contributed by atoms with E-state index < -0.39 is 0 Å². The molecule has 1 saturated heterocycles. The summed E-state index contributed by atoms with van der Waals surface area (Å²) in [7, 11) is 1.79. The molecule has 2 N–H and O–H groups in total. The molecular weight excluding hydrogens is 491 g/mol. The van der Waals surface area contributed by atoms with Crippen LogP contribution in [0.2, 0.25) is 0 Å². The van der Waals surface area contributed by atoms with Gasteiger partial charge in [0, 0.05) is 52.2 Å². The highest BCUT2D eigenvalue weighted by Crippen LogP contribution is 2.20. The number of carbonyl (C=O) groups is 1. The Labute approximate surface area is 198 Å². The van der Waals surface area contributed by atoms with Crippen molar-refractivity contribution in [2.75, 3.05) is 39.8 Å². The van der Waals surface area contributed by atoms with Crippen LogP contribution in [0.5, 0.6) is 0 Å². The quantitative estimate of drug-likeness (QED) is 0.212. The van der Waals surface area contributed by atoms with Crippen molar-refractivity contribution in [2.45, 2.75) is 51.0 Å². The summed E-state index contributed by atoms with van der Waals surface area (Å²) in [4.78, 5) is 18.6. The molecule has 1 aromatic rings. The Kier molecular flexibility index (Phi) is 11.5. The number of aliphatic imine (C=N–C) groups is 1. The molecule has 168 valence electrons. The van der Waals surface area contributed by atoms with Crippen molar-refractivity contribution < 1.29 is 9.53 Å². The molecule has 6 nitrogen and oxygen atoms in total. The lowest BCUT2D eigenvalue weighted by molar-refractivity contribution is -0.127. The van der Waals surface area contributed by atoms with E-state index in [0.717, 1.165) is 51.6 Å². The topological polar surface area (TPSA) is 66.0 Å². The van der Waals surface area contributed by atoms with Gasteiger partial charge in [-0.1, -0.05) is 43.2 Å². The second kappa shape index (κ2) is 13.9. The van der Waals surface area contributed by atoms with Crippen LogP contribution >= 0.6 is 24.0 Å². The van der Waals surface area contributed by atoms with E-state index in [1.165, 1.54) is 31.2 Å².